The summed E-state index contributed by atoms with van der Waals surface area (Å²) in [6.45, 7) is 0. The summed E-state index contributed by atoms with van der Waals surface area (Å²) in [6, 6.07) is 0. The molecular weight excluding hydrogens is 266 g/mol. The highest BCUT2D eigenvalue weighted by Gasteiger charge is 2.56. The molecule has 100 valence electrons. The standard InChI is InChI=1S/C9H17NO5S2/c10-8(2-1-4-16(12,13)6-8)9(11)3-5-17(14,15)7-9/h11H,1-7,10H2. The Labute approximate surface area is 101 Å². The number of aliphatic hydroxyl groups is 1. The molecule has 0 aromatic rings. The molecule has 0 spiro atoms. The van der Waals surface area contributed by atoms with Crippen LogP contribution in [0, 0.1) is 0 Å². The highest BCUT2D eigenvalue weighted by molar-refractivity contribution is 7.92. The van der Waals surface area contributed by atoms with E-state index >= 15 is 0 Å². The predicted octanol–water partition coefficient (Wildman–Crippen LogP) is -1.56. The van der Waals surface area contributed by atoms with Crippen LogP contribution in [-0.2, 0) is 19.7 Å². The van der Waals surface area contributed by atoms with Gasteiger partial charge in [-0.2, -0.15) is 0 Å². The van der Waals surface area contributed by atoms with Crippen LogP contribution in [0.4, 0.5) is 0 Å². The molecule has 3 N–H and O–H groups in total. The van der Waals surface area contributed by atoms with Gasteiger partial charge in [0.15, 0.2) is 19.7 Å². The van der Waals surface area contributed by atoms with Gasteiger partial charge in [0.25, 0.3) is 0 Å². The second-order valence-electron chi connectivity index (χ2n) is 5.23. The van der Waals surface area contributed by atoms with Gasteiger partial charge in [-0.05, 0) is 19.3 Å². The number of sulfone groups is 2. The lowest BCUT2D eigenvalue weighted by molar-refractivity contribution is -0.00880. The van der Waals surface area contributed by atoms with Gasteiger partial charge in [0.2, 0.25) is 0 Å². The maximum Gasteiger partial charge on any atom is 0.153 e. The van der Waals surface area contributed by atoms with Crippen LogP contribution in [0.5, 0.6) is 0 Å². The first-order valence-corrected chi connectivity index (χ1v) is 9.14. The molecule has 17 heavy (non-hydrogen) atoms. The Kier molecular flexibility index (Phi) is 2.85. The molecular formula is C9H17NO5S2. The highest BCUT2D eigenvalue weighted by Crippen LogP contribution is 2.38. The summed E-state index contributed by atoms with van der Waals surface area (Å²) < 4.78 is 46.0. The van der Waals surface area contributed by atoms with Gasteiger partial charge in [-0.3, -0.25) is 0 Å². The number of rotatable bonds is 1. The zero-order valence-electron chi connectivity index (χ0n) is 9.42. The smallest absolute Gasteiger partial charge is 0.153 e. The van der Waals surface area contributed by atoms with Gasteiger partial charge in [0.05, 0.1) is 34.2 Å². The fraction of sp³-hybridized carbons (Fsp3) is 1.00. The molecule has 2 heterocycles. The zero-order chi connectivity index (χ0) is 12.9. The maximum absolute atomic E-state index is 11.6. The molecule has 0 aromatic carbocycles. The average molecular weight is 283 g/mol. The molecule has 2 rings (SSSR count). The summed E-state index contributed by atoms with van der Waals surface area (Å²) >= 11 is 0. The van der Waals surface area contributed by atoms with Gasteiger partial charge in [-0.15, -0.1) is 0 Å². The van der Waals surface area contributed by atoms with Crippen LogP contribution in [0.2, 0.25) is 0 Å². The minimum atomic E-state index is -3.30. The van der Waals surface area contributed by atoms with Crippen molar-refractivity contribution in [3.05, 3.63) is 0 Å². The van der Waals surface area contributed by atoms with Crippen molar-refractivity contribution < 1.29 is 21.9 Å². The van der Waals surface area contributed by atoms with E-state index in [-0.39, 0.29) is 23.7 Å². The molecule has 0 aliphatic carbocycles. The molecule has 8 heteroatoms. The number of nitrogens with two attached hydrogens (primary N) is 1. The summed E-state index contributed by atoms with van der Waals surface area (Å²) in [5.41, 5.74) is 3.08. The third kappa shape index (κ3) is 2.35. The molecule has 2 fully saturated rings. The van der Waals surface area contributed by atoms with Gasteiger partial charge in [0, 0.05) is 0 Å². The molecule has 2 unspecified atom stereocenters. The Morgan fingerprint density at radius 1 is 0.941 bits per heavy atom. The first kappa shape index (κ1) is 13.3. The second kappa shape index (κ2) is 3.66. The third-order valence-electron chi connectivity index (χ3n) is 3.77. The monoisotopic (exact) mass is 283 g/mol. The van der Waals surface area contributed by atoms with E-state index in [1.807, 2.05) is 0 Å². The van der Waals surface area contributed by atoms with Gasteiger partial charge >= 0.3 is 0 Å². The van der Waals surface area contributed by atoms with Gasteiger partial charge < -0.3 is 10.8 Å². The van der Waals surface area contributed by atoms with E-state index in [2.05, 4.69) is 0 Å². The van der Waals surface area contributed by atoms with Crippen molar-refractivity contribution in [1.82, 2.24) is 0 Å². The number of hydrogen-bond donors (Lipinski definition) is 2. The summed E-state index contributed by atoms with van der Waals surface area (Å²) in [7, 11) is -6.59. The van der Waals surface area contributed by atoms with E-state index < -0.39 is 36.6 Å². The molecule has 2 saturated heterocycles. The Balaban J connectivity index is 2.33. The van der Waals surface area contributed by atoms with E-state index in [1.165, 1.54) is 0 Å². The maximum atomic E-state index is 11.6. The van der Waals surface area contributed by atoms with Crippen LogP contribution in [0.25, 0.3) is 0 Å². The molecule has 0 aromatic heterocycles. The van der Waals surface area contributed by atoms with Crippen molar-refractivity contribution in [3.63, 3.8) is 0 Å². The van der Waals surface area contributed by atoms with Crippen molar-refractivity contribution in [2.75, 3.05) is 23.0 Å². The minimum Gasteiger partial charge on any atom is -0.387 e. The molecule has 0 bridgehead atoms. The van der Waals surface area contributed by atoms with Crippen LogP contribution < -0.4 is 5.73 Å². The van der Waals surface area contributed by atoms with E-state index in [1.54, 1.807) is 0 Å². The Morgan fingerprint density at radius 2 is 1.53 bits per heavy atom. The first-order chi connectivity index (χ1) is 7.58. The average Bonchev–Trinajstić information content (AvgIpc) is 2.40. The zero-order valence-corrected chi connectivity index (χ0v) is 11.1. The largest absolute Gasteiger partial charge is 0.387 e. The molecule has 0 saturated carbocycles. The molecule has 0 amide bonds. The Morgan fingerprint density at radius 3 is 2.00 bits per heavy atom. The molecule has 0 radical (unpaired) electrons. The van der Waals surface area contributed by atoms with Crippen molar-refractivity contribution >= 4 is 19.7 Å². The molecule has 2 aliphatic heterocycles. The van der Waals surface area contributed by atoms with E-state index in [0.29, 0.717) is 12.8 Å². The first-order valence-electron chi connectivity index (χ1n) is 5.50. The van der Waals surface area contributed by atoms with Gasteiger partial charge in [-0.1, -0.05) is 0 Å². The summed E-state index contributed by atoms with van der Waals surface area (Å²) in [5.74, 6) is -0.810. The second-order valence-corrected chi connectivity index (χ2v) is 9.59. The van der Waals surface area contributed by atoms with Crippen LogP contribution in [-0.4, -0.2) is 56.1 Å². The summed E-state index contributed by atoms with van der Waals surface area (Å²) in [5, 5.41) is 10.4. The summed E-state index contributed by atoms with van der Waals surface area (Å²) in [4.78, 5) is 0. The highest BCUT2D eigenvalue weighted by atomic mass is 32.2. The lowest BCUT2D eigenvalue weighted by Crippen LogP contribution is -2.66. The lowest BCUT2D eigenvalue weighted by Gasteiger charge is -2.43. The lowest BCUT2D eigenvalue weighted by atomic mass is 9.78. The van der Waals surface area contributed by atoms with Crippen LogP contribution in [0.15, 0.2) is 0 Å². The van der Waals surface area contributed by atoms with Gasteiger partial charge in [-0.25, -0.2) is 16.8 Å². The molecule has 2 aliphatic rings. The van der Waals surface area contributed by atoms with Crippen LogP contribution in [0.1, 0.15) is 19.3 Å². The van der Waals surface area contributed by atoms with Crippen LogP contribution >= 0.6 is 0 Å². The third-order valence-corrected chi connectivity index (χ3v) is 7.38. The fourth-order valence-electron chi connectivity index (χ4n) is 2.74. The van der Waals surface area contributed by atoms with Crippen molar-refractivity contribution in [2.24, 2.45) is 5.73 Å². The van der Waals surface area contributed by atoms with Crippen molar-refractivity contribution in [2.45, 2.75) is 30.4 Å². The molecule has 6 nitrogen and oxygen atoms in total. The molecule has 2 atom stereocenters. The topological polar surface area (TPSA) is 115 Å². The SMILES string of the molecule is NC1(C2(O)CCS(=O)(=O)C2)CCCS(=O)(=O)C1. The van der Waals surface area contributed by atoms with E-state index in [0.717, 1.165) is 0 Å². The number of hydrogen-bond acceptors (Lipinski definition) is 6. The quantitative estimate of drug-likeness (QED) is 0.601. The van der Waals surface area contributed by atoms with Crippen molar-refractivity contribution in [1.29, 1.82) is 0 Å². The van der Waals surface area contributed by atoms with Gasteiger partial charge in [0.1, 0.15) is 0 Å². The van der Waals surface area contributed by atoms with Crippen LogP contribution in [0.3, 0.4) is 0 Å². The van der Waals surface area contributed by atoms with E-state index in [4.69, 9.17) is 5.73 Å². The van der Waals surface area contributed by atoms with Crippen molar-refractivity contribution in [3.8, 4) is 0 Å². The fourth-order valence-corrected chi connectivity index (χ4v) is 6.62. The predicted molar refractivity (Wildman–Crippen MR) is 63.0 cm³/mol. The Bertz CT molecular complexity index is 526. The Hall–Kier alpha value is -0.180. The van der Waals surface area contributed by atoms with E-state index in [9.17, 15) is 21.9 Å². The minimum absolute atomic E-state index is 0.0291. The summed E-state index contributed by atoms with van der Waals surface area (Å²) in [6.07, 6.45) is 0.751. The normalized spacial score (nSPS) is 44.6.